The van der Waals surface area contributed by atoms with Crippen LogP contribution in [0.2, 0.25) is 0 Å². The average molecular weight is 214 g/mol. The van der Waals surface area contributed by atoms with Gasteiger partial charge in [0, 0.05) is 0 Å². The summed E-state index contributed by atoms with van der Waals surface area (Å²) in [6.45, 7) is 3.92. The SMILES string of the molecule is Cc1cc(C)c2cc3c(=O)[nH]cnc3n2n1. The summed E-state index contributed by atoms with van der Waals surface area (Å²) in [5.41, 5.74) is 3.39. The van der Waals surface area contributed by atoms with E-state index >= 15 is 0 Å². The van der Waals surface area contributed by atoms with Gasteiger partial charge >= 0.3 is 0 Å². The Morgan fingerprint density at radius 2 is 2.12 bits per heavy atom. The number of aromatic amines is 1. The van der Waals surface area contributed by atoms with Crippen LogP contribution in [0.4, 0.5) is 0 Å². The lowest BCUT2D eigenvalue weighted by Gasteiger charge is -2.00. The first-order valence-electron chi connectivity index (χ1n) is 5.00. The zero-order chi connectivity index (χ0) is 11.3. The first-order valence-corrected chi connectivity index (χ1v) is 5.00. The molecule has 0 fully saturated rings. The van der Waals surface area contributed by atoms with Crippen LogP contribution >= 0.6 is 0 Å². The normalized spacial score (nSPS) is 11.4. The predicted molar refractivity (Wildman–Crippen MR) is 60.6 cm³/mol. The van der Waals surface area contributed by atoms with Crippen molar-refractivity contribution in [2.24, 2.45) is 0 Å². The molecule has 5 nitrogen and oxygen atoms in total. The minimum Gasteiger partial charge on any atom is -0.313 e. The lowest BCUT2D eigenvalue weighted by atomic mass is 10.2. The van der Waals surface area contributed by atoms with Gasteiger partial charge in [0.05, 0.1) is 22.9 Å². The summed E-state index contributed by atoms with van der Waals surface area (Å²) in [6.07, 6.45) is 1.40. The Hall–Kier alpha value is -2.17. The van der Waals surface area contributed by atoms with Crippen molar-refractivity contribution in [3.63, 3.8) is 0 Å². The Labute approximate surface area is 90.8 Å². The van der Waals surface area contributed by atoms with Gasteiger partial charge in [-0.15, -0.1) is 0 Å². The molecule has 1 N–H and O–H groups in total. The summed E-state index contributed by atoms with van der Waals surface area (Å²) in [7, 11) is 0. The van der Waals surface area contributed by atoms with E-state index in [2.05, 4.69) is 15.1 Å². The molecule has 0 aliphatic heterocycles. The number of hydrogen-bond acceptors (Lipinski definition) is 3. The highest BCUT2D eigenvalue weighted by molar-refractivity contribution is 5.83. The van der Waals surface area contributed by atoms with Gasteiger partial charge < -0.3 is 4.98 Å². The number of nitrogens with one attached hydrogen (secondary N) is 1. The highest BCUT2D eigenvalue weighted by Crippen LogP contribution is 2.17. The minimum absolute atomic E-state index is 0.132. The third-order valence-corrected chi connectivity index (χ3v) is 2.67. The first kappa shape index (κ1) is 9.08. The smallest absolute Gasteiger partial charge is 0.260 e. The standard InChI is InChI=1S/C11H10N4O/c1-6-3-7(2)14-15-9(6)4-8-10(15)12-5-13-11(8)16/h3-5H,1-2H3,(H,12,13,16). The van der Waals surface area contributed by atoms with Gasteiger partial charge in [0.1, 0.15) is 0 Å². The van der Waals surface area contributed by atoms with Crippen LogP contribution in [-0.4, -0.2) is 19.6 Å². The van der Waals surface area contributed by atoms with Gasteiger partial charge in [-0.3, -0.25) is 4.79 Å². The summed E-state index contributed by atoms with van der Waals surface area (Å²) in [6, 6.07) is 3.81. The Kier molecular flexibility index (Phi) is 1.65. The Bertz CT molecular complexity index is 754. The van der Waals surface area contributed by atoms with Gasteiger partial charge in [-0.05, 0) is 31.5 Å². The molecule has 0 atom stereocenters. The third-order valence-electron chi connectivity index (χ3n) is 2.67. The molecule has 16 heavy (non-hydrogen) atoms. The number of nitrogens with zero attached hydrogens (tertiary/aromatic N) is 3. The average Bonchev–Trinajstić information content (AvgIpc) is 2.59. The van der Waals surface area contributed by atoms with Crippen molar-refractivity contribution in [3.8, 4) is 0 Å². The molecular formula is C11H10N4O. The fourth-order valence-electron chi connectivity index (χ4n) is 1.97. The molecule has 3 heterocycles. The van der Waals surface area contributed by atoms with Crippen molar-refractivity contribution in [2.75, 3.05) is 0 Å². The fourth-order valence-corrected chi connectivity index (χ4v) is 1.97. The van der Waals surface area contributed by atoms with Crippen LogP contribution in [0.15, 0.2) is 23.3 Å². The molecule has 0 unspecified atom stereocenters. The van der Waals surface area contributed by atoms with Crippen molar-refractivity contribution in [1.82, 2.24) is 19.6 Å². The van der Waals surface area contributed by atoms with E-state index in [1.165, 1.54) is 6.33 Å². The van der Waals surface area contributed by atoms with E-state index < -0.39 is 0 Å². The van der Waals surface area contributed by atoms with Gasteiger partial charge in [0.25, 0.3) is 5.56 Å². The molecular weight excluding hydrogens is 204 g/mol. The van der Waals surface area contributed by atoms with E-state index in [0.29, 0.717) is 11.0 Å². The van der Waals surface area contributed by atoms with Crippen LogP contribution < -0.4 is 5.56 Å². The largest absolute Gasteiger partial charge is 0.313 e. The molecule has 3 aromatic rings. The summed E-state index contributed by atoms with van der Waals surface area (Å²) in [5.74, 6) is 0. The molecule has 0 aromatic carbocycles. The van der Waals surface area contributed by atoms with E-state index in [0.717, 1.165) is 16.8 Å². The van der Waals surface area contributed by atoms with Crippen LogP contribution in [0.1, 0.15) is 11.3 Å². The van der Waals surface area contributed by atoms with Gasteiger partial charge in [0.2, 0.25) is 0 Å². The van der Waals surface area contributed by atoms with Crippen LogP contribution in [0.25, 0.3) is 16.6 Å². The second kappa shape index (κ2) is 2.91. The van der Waals surface area contributed by atoms with Crippen LogP contribution in [0.3, 0.4) is 0 Å². The topological polar surface area (TPSA) is 63.0 Å². The van der Waals surface area contributed by atoms with E-state index in [1.807, 2.05) is 26.0 Å². The van der Waals surface area contributed by atoms with E-state index in [-0.39, 0.29) is 5.56 Å². The number of fused-ring (bicyclic) bond motifs is 3. The zero-order valence-electron chi connectivity index (χ0n) is 8.98. The Morgan fingerprint density at radius 3 is 2.94 bits per heavy atom. The third kappa shape index (κ3) is 1.08. The highest BCUT2D eigenvalue weighted by atomic mass is 16.1. The highest BCUT2D eigenvalue weighted by Gasteiger charge is 2.09. The van der Waals surface area contributed by atoms with Crippen LogP contribution in [-0.2, 0) is 0 Å². The molecule has 0 radical (unpaired) electrons. The Balaban J connectivity index is 2.66. The molecule has 80 valence electrons. The van der Waals surface area contributed by atoms with Crippen molar-refractivity contribution >= 4 is 16.6 Å². The molecule has 0 bridgehead atoms. The number of rotatable bonds is 0. The predicted octanol–water partition coefficient (Wildman–Crippen LogP) is 1.19. The zero-order valence-corrected chi connectivity index (χ0v) is 8.98. The second-order valence-electron chi connectivity index (χ2n) is 3.88. The molecule has 3 rings (SSSR count). The van der Waals surface area contributed by atoms with Crippen LogP contribution in [0, 0.1) is 13.8 Å². The minimum atomic E-state index is -0.132. The first-order chi connectivity index (χ1) is 7.66. The number of aromatic nitrogens is 4. The molecule has 0 saturated heterocycles. The molecule has 0 saturated carbocycles. The van der Waals surface area contributed by atoms with Gasteiger partial charge in [-0.25, -0.2) is 9.50 Å². The lowest BCUT2D eigenvalue weighted by Crippen LogP contribution is -2.05. The number of hydrogen-bond donors (Lipinski definition) is 1. The summed E-state index contributed by atoms with van der Waals surface area (Å²) >= 11 is 0. The van der Waals surface area contributed by atoms with Gasteiger partial charge in [0.15, 0.2) is 5.65 Å². The molecule has 0 aliphatic carbocycles. The molecule has 5 heteroatoms. The monoisotopic (exact) mass is 214 g/mol. The second-order valence-corrected chi connectivity index (χ2v) is 3.88. The van der Waals surface area contributed by atoms with E-state index in [1.54, 1.807) is 4.52 Å². The quantitative estimate of drug-likeness (QED) is 0.611. The van der Waals surface area contributed by atoms with Crippen LogP contribution in [0.5, 0.6) is 0 Å². The Morgan fingerprint density at radius 1 is 1.31 bits per heavy atom. The number of H-pyrrole nitrogens is 1. The van der Waals surface area contributed by atoms with Crippen molar-refractivity contribution in [3.05, 3.63) is 40.1 Å². The van der Waals surface area contributed by atoms with Crippen molar-refractivity contribution in [1.29, 1.82) is 0 Å². The number of aryl methyl sites for hydroxylation is 2. The maximum absolute atomic E-state index is 11.6. The summed E-state index contributed by atoms with van der Waals surface area (Å²) in [5, 5.41) is 4.94. The van der Waals surface area contributed by atoms with Crippen molar-refractivity contribution in [2.45, 2.75) is 13.8 Å². The maximum atomic E-state index is 11.6. The fraction of sp³-hybridized carbons (Fsp3) is 0.182. The van der Waals surface area contributed by atoms with Crippen molar-refractivity contribution < 1.29 is 0 Å². The van der Waals surface area contributed by atoms with Gasteiger partial charge in [-0.2, -0.15) is 5.10 Å². The molecule has 0 amide bonds. The molecule has 0 aliphatic rings. The van der Waals surface area contributed by atoms with Gasteiger partial charge in [-0.1, -0.05) is 0 Å². The summed E-state index contributed by atoms with van der Waals surface area (Å²) in [4.78, 5) is 18.3. The maximum Gasteiger partial charge on any atom is 0.260 e. The van der Waals surface area contributed by atoms with E-state index in [4.69, 9.17) is 0 Å². The lowest BCUT2D eigenvalue weighted by molar-refractivity contribution is 0.909. The molecule has 0 spiro atoms. The van der Waals surface area contributed by atoms with E-state index in [9.17, 15) is 4.79 Å². The summed E-state index contributed by atoms with van der Waals surface area (Å²) < 4.78 is 1.72. The molecule has 3 aromatic heterocycles.